The predicted octanol–water partition coefficient (Wildman–Crippen LogP) is 3.27. The first-order chi connectivity index (χ1) is 14.4. The molecule has 6 nitrogen and oxygen atoms in total. The number of hydrogen-bond donors (Lipinski definition) is 1. The van der Waals surface area contributed by atoms with Gasteiger partial charge in [0.1, 0.15) is 0 Å². The van der Waals surface area contributed by atoms with Crippen molar-refractivity contribution in [1.82, 2.24) is 9.80 Å². The summed E-state index contributed by atoms with van der Waals surface area (Å²) in [6.45, 7) is 6.69. The highest BCUT2D eigenvalue weighted by atomic mass is 32.2. The largest absolute Gasteiger partial charge is 0.483 e. The molecule has 3 aliphatic rings. The average molecular weight is 437 g/mol. The molecule has 7 heteroatoms. The summed E-state index contributed by atoms with van der Waals surface area (Å²) in [6, 6.07) is 9.12. The van der Waals surface area contributed by atoms with Gasteiger partial charge in [0.25, 0.3) is 6.47 Å². The molecule has 1 aromatic carbocycles. The molecule has 2 bridgehead atoms. The van der Waals surface area contributed by atoms with Crippen LogP contribution in [0.2, 0.25) is 0 Å². The second kappa shape index (κ2) is 10.2. The van der Waals surface area contributed by atoms with Crippen LogP contribution < -0.4 is 0 Å². The zero-order valence-electron chi connectivity index (χ0n) is 18.2. The number of nitrogens with zero attached hydrogens (tertiary/aromatic N) is 2. The van der Waals surface area contributed by atoms with Crippen LogP contribution in [0.4, 0.5) is 0 Å². The Morgan fingerprint density at radius 1 is 1.13 bits per heavy atom. The van der Waals surface area contributed by atoms with E-state index in [-0.39, 0.29) is 6.47 Å². The topological polar surface area (TPSA) is 77.9 Å². The zero-order chi connectivity index (χ0) is 21.7. The monoisotopic (exact) mass is 436 g/mol. The highest BCUT2D eigenvalue weighted by Crippen LogP contribution is 2.40. The number of benzene rings is 1. The summed E-state index contributed by atoms with van der Waals surface area (Å²) < 4.78 is 23.3. The van der Waals surface area contributed by atoms with E-state index in [1.165, 1.54) is 70.0 Å². The minimum Gasteiger partial charge on any atom is -0.483 e. The fourth-order valence-corrected chi connectivity index (χ4v) is 6.52. The molecule has 0 saturated carbocycles. The van der Waals surface area contributed by atoms with E-state index >= 15 is 0 Å². The fraction of sp³-hybridized carbons (Fsp3) is 0.696. The van der Waals surface area contributed by atoms with Crippen molar-refractivity contribution in [2.75, 3.05) is 25.9 Å². The number of carboxylic acid groups (broad SMARTS) is 1. The summed E-state index contributed by atoms with van der Waals surface area (Å²) in [6.07, 6.45) is 9.54. The predicted molar refractivity (Wildman–Crippen MR) is 118 cm³/mol. The molecule has 30 heavy (non-hydrogen) atoms. The van der Waals surface area contributed by atoms with Gasteiger partial charge in [-0.3, -0.25) is 14.6 Å². The number of fused-ring (bicyclic) bond motifs is 4. The normalized spacial score (nSPS) is 29.4. The Morgan fingerprint density at radius 3 is 2.47 bits per heavy atom. The van der Waals surface area contributed by atoms with E-state index in [2.05, 4.69) is 16.7 Å². The van der Waals surface area contributed by atoms with Crippen LogP contribution in [0.15, 0.2) is 29.2 Å². The molecule has 4 rings (SSSR count). The summed E-state index contributed by atoms with van der Waals surface area (Å²) >= 11 is 0. The molecule has 0 aromatic heterocycles. The van der Waals surface area contributed by atoms with Gasteiger partial charge < -0.3 is 5.11 Å². The Balaban J connectivity index is 0.000000806. The molecule has 4 atom stereocenters. The first kappa shape index (κ1) is 23.2. The summed E-state index contributed by atoms with van der Waals surface area (Å²) in [5, 5.41) is 6.89. The van der Waals surface area contributed by atoms with Crippen LogP contribution in [-0.2, 0) is 21.2 Å². The van der Waals surface area contributed by atoms with Crippen molar-refractivity contribution in [3.63, 3.8) is 0 Å². The van der Waals surface area contributed by atoms with Crippen LogP contribution in [-0.4, -0.2) is 67.8 Å². The number of piperidine rings is 3. The quantitative estimate of drug-likeness (QED) is 0.714. The lowest BCUT2D eigenvalue weighted by Gasteiger charge is -2.55. The maximum atomic E-state index is 11.7. The molecule has 3 fully saturated rings. The van der Waals surface area contributed by atoms with Crippen LogP contribution in [0.5, 0.6) is 0 Å². The highest BCUT2D eigenvalue weighted by molar-refractivity contribution is 7.90. The van der Waals surface area contributed by atoms with Gasteiger partial charge in [0, 0.05) is 44.5 Å². The van der Waals surface area contributed by atoms with Crippen molar-refractivity contribution in [3.8, 4) is 0 Å². The number of likely N-dealkylation sites (tertiary alicyclic amines) is 1. The van der Waals surface area contributed by atoms with E-state index in [4.69, 9.17) is 9.90 Å². The molecule has 3 saturated heterocycles. The first-order valence-electron chi connectivity index (χ1n) is 11.2. The maximum absolute atomic E-state index is 11.7. The van der Waals surface area contributed by atoms with E-state index in [0.717, 1.165) is 30.5 Å². The van der Waals surface area contributed by atoms with Gasteiger partial charge in [-0.1, -0.05) is 31.9 Å². The van der Waals surface area contributed by atoms with Crippen molar-refractivity contribution < 1.29 is 18.3 Å². The molecular weight excluding hydrogens is 400 g/mol. The van der Waals surface area contributed by atoms with Crippen LogP contribution >= 0.6 is 0 Å². The van der Waals surface area contributed by atoms with Gasteiger partial charge >= 0.3 is 0 Å². The Bertz CT molecular complexity index is 794. The third kappa shape index (κ3) is 5.62. The maximum Gasteiger partial charge on any atom is 0.290 e. The van der Waals surface area contributed by atoms with Gasteiger partial charge in [-0.05, 0) is 55.2 Å². The van der Waals surface area contributed by atoms with Crippen LogP contribution in [0.25, 0.3) is 0 Å². The molecule has 3 heterocycles. The molecule has 0 radical (unpaired) electrons. The molecule has 1 aromatic rings. The Morgan fingerprint density at radius 2 is 1.83 bits per heavy atom. The minimum atomic E-state index is -3.11. The van der Waals surface area contributed by atoms with Crippen molar-refractivity contribution >= 4 is 16.3 Å². The summed E-state index contributed by atoms with van der Waals surface area (Å²) in [5.74, 6) is 1.61. The first-order valence-corrected chi connectivity index (χ1v) is 13.1. The van der Waals surface area contributed by atoms with Gasteiger partial charge in [-0.15, -0.1) is 0 Å². The lowest BCUT2D eigenvalue weighted by atomic mass is 9.74. The number of sulfone groups is 1. The molecule has 0 amide bonds. The van der Waals surface area contributed by atoms with Crippen molar-refractivity contribution in [3.05, 3.63) is 29.8 Å². The Labute approximate surface area is 181 Å². The van der Waals surface area contributed by atoms with E-state index in [1.807, 2.05) is 12.1 Å². The number of carbonyl (C=O) groups is 1. The van der Waals surface area contributed by atoms with Gasteiger partial charge in [0.05, 0.1) is 4.90 Å². The standard InChI is InChI=1S/C22H34N2O2S.CH2O2/c1-3-5-20-6-4-7-22-19-12-18(15-24(20)22)14-23(16-19)13-17-8-10-21(11-9-17)27(2,25)26;2-1-3/h8-11,18-20,22H,3-7,12-16H2,1-2H3;1H,(H,2,3)/t18-,19+,20-,22-;/m0./s1. The molecular formula is C23H36N2O4S. The van der Waals surface area contributed by atoms with E-state index in [9.17, 15) is 8.42 Å². The van der Waals surface area contributed by atoms with Crippen LogP contribution in [0.3, 0.4) is 0 Å². The van der Waals surface area contributed by atoms with Gasteiger partial charge in [0.15, 0.2) is 9.84 Å². The summed E-state index contributed by atoms with van der Waals surface area (Å²) in [5.41, 5.74) is 1.23. The summed E-state index contributed by atoms with van der Waals surface area (Å²) in [7, 11) is -3.11. The SMILES string of the molecule is CCC[C@H]1CCC[C@H]2[C@@H]3C[C@@H](CN(Cc4ccc(S(C)(=O)=O)cc4)C3)CN12.O=CO. The molecule has 3 aliphatic heterocycles. The van der Waals surface area contributed by atoms with Crippen molar-refractivity contribution in [2.24, 2.45) is 11.8 Å². The molecule has 0 spiro atoms. The van der Waals surface area contributed by atoms with Gasteiger partial charge in [0.2, 0.25) is 0 Å². The summed E-state index contributed by atoms with van der Waals surface area (Å²) in [4.78, 5) is 14.3. The minimum absolute atomic E-state index is 0.250. The molecule has 168 valence electrons. The molecule has 0 aliphatic carbocycles. The van der Waals surface area contributed by atoms with Crippen LogP contribution in [0, 0.1) is 11.8 Å². The van der Waals surface area contributed by atoms with Crippen molar-refractivity contribution in [2.45, 2.75) is 69.0 Å². The fourth-order valence-electron chi connectivity index (χ4n) is 5.89. The number of hydrogen-bond acceptors (Lipinski definition) is 5. The van der Waals surface area contributed by atoms with E-state index in [0.29, 0.717) is 4.90 Å². The van der Waals surface area contributed by atoms with E-state index in [1.54, 1.807) is 12.1 Å². The second-order valence-electron chi connectivity index (χ2n) is 9.21. The second-order valence-corrected chi connectivity index (χ2v) is 11.2. The van der Waals surface area contributed by atoms with E-state index < -0.39 is 9.84 Å². The Hall–Kier alpha value is -1.44. The lowest BCUT2D eigenvalue weighted by molar-refractivity contribution is -0.122. The van der Waals surface area contributed by atoms with Gasteiger partial charge in [-0.2, -0.15) is 0 Å². The van der Waals surface area contributed by atoms with Crippen LogP contribution in [0.1, 0.15) is 51.0 Å². The third-order valence-corrected chi connectivity index (χ3v) is 8.10. The van der Waals surface area contributed by atoms with Crippen molar-refractivity contribution in [1.29, 1.82) is 0 Å². The number of rotatable bonds is 5. The highest BCUT2D eigenvalue weighted by Gasteiger charge is 2.44. The lowest BCUT2D eigenvalue weighted by Crippen LogP contribution is -2.61. The third-order valence-electron chi connectivity index (χ3n) is 6.97. The Kier molecular flexibility index (Phi) is 7.93. The van der Waals surface area contributed by atoms with Gasteiger partial charge in [-0.25, -0.2) is 8.42 Å². The molecule has 1 N–H and O–H groups in total. The smallest absolute Gasteiger partial charge is 0.290 e. The molecule has 0 unspecified atom stereocenters. The average Bonchev–Trinajstić information content (AvgIpc) is 2.69. The zero-order valence-corrected chi connectivity index (χ0v) is 19.1.